The quantitative estimate of drug-likeness (QED) is 0.867. The molecule has 2 amide bonds. The van der Waals surface area contributed by atoms with Crippen molar-refractivity contribution in [1.82, 2.24) is 5.32 Å². The topological polar surface area (TPSA) is 49.4 Å². The molecule has 1 aromatic rings. The van der Waals surface area contributed by atoms with Crippen molar-refractivity contribution in [3.8, 4) is 0 Å². The number of nitrogens with zero attached hydrogens (tertiary/aromatic N) is 1. The van der Waals surface area contributed by atoms with E-state index in [4.69, 9.17) is 0 Å². The first-order valence-electron chi connectivity index (χ1n) is 6.03. The van der Waals surface area contributed by atoms with Crippen LogP contribution >= 0.6 is 15.9 Å². The van der Waals surface area contributed by atoms with E-state index in [-0.39, 0.29) is 24.3 Å². The molecule has 0 radical (unpaired) electrons. The first kappa shape index (κ1) is 11.9. The van der Waals surface area contributed by atoms with Gasteiger partial charge in [-0.25, -0.2) is 4.90 Å². The van der Waals surface area contributed by atoms with Gasteiger partial charge in [-0.05, 0) is 37.1 Å². The summed E-state index contributed by atoms with van der Waals surface area (Å²) in [6.07, 6.45) is 2.48. The largest absolute Gasteiger partial charge is 0.303 e. The zero-order valence-corrected chi connectivity index (χ0v) is 11.3. The van der Waals surface area contributed by atoms with Crippen molar-refractivity contribution in [3.63, 3.8) is 0 Å². The first-order valence-corrected chi connectivity index (χ1v) is 6.83. The van der Waals surface area contributed by atoms with Gasteiger partial charge < -0.3 is 5.32 Å². The number of halogens is 1. The average Bonchev–Trinajstić information content (AvgIpc) is 3.10. The summed E-state index contributed by atoms with van der Waals surface area (Å²) in [5.74, 6) is -0.255. The zero-order valence-electron chi connectivity index (χ0n) is 9.73. The molecule has 94 valence electrons. The summed E-state index contributed by atoms with van der Waals surface area (Å²) in [7, 11) is 0. The smallest absolute Gasteiger partial charge is 0.251 e. The standard InChI is InChI=1S/C13H13BrN2O2/c14-8-1-5-10(6-2-8)16-12(17)7-11(13(16)18)15-9-3-4-9/h1-2,5-6,9,11,15H,3-4,7H2/t11-/m0/s1. The molecule has 1 aromatic carbocycles. The van der Waals surface area contributed by atoms with Crippen LogP contribution < -0.4 is 10.2 Å². The van der Waals surface area contributed by atoms with E-state index in [2.05, 4.69) is 21.2 Å². The van der Waals surface area contributed by atoms with Crippen molar-refractivity contribution in [2.75, 3.05) is 4.90 Å². The molecular formula is C13H13BrN2O2. The lowest BCUT2D eigenvalue weighted by Gasteiger charge is -2.15. The lowest BCUT2D eigenvalue weighted by molar-refractivity contribution is -0.121. The van der Waals surface area contributed by atoms with Gasteiger partial charge in [-0.1, -0.05) is 15.9 Å². The van der Waals surface area contributed by atoms with Crippen LogP contribution in [0.2, 0.25) is 0 Å². The SMILES string of the molecule is O=C1C[C@H](NC2CC2)C(=O)N1c1ccc(Br)cc1. The summed E-state index contributed by atoms with van der Waals surface area (Å²) in [6, 6.07) is 7.30. The summed E-state index contributed by atoms with van der Waals surface area (Å²) in [5.41, 5.74) is 0.647. The maximum absolute atomic E-state index is 12.2. The van der Waals surface area contributed by atoms with Gasteiger partial charge in [0.15, 0.2) is 0 Å². The molecule has 0 spiro atoms. The Kier molecular flexibility index (Phi) is 2.95. The minimum atomic E-state index is -0.339. The lowest BCUT2D eigenvalue weighted by atomic mass is 10.2. The van der Waals surface area contributed by atoms with Crippen molar-refractivity contribution in [2.45, 2.75) is 31.3 Å². The Hall–Kier alpha value is -1.20. The summed E-state index contributed by atoms with van der Waals surface area (Å²) in [6.45, 7) is 0. The molecule has 1 saturated carbocycles. The van der Waals surface area contributed by atoms with Gasteiger partial charge in [0.05, 0.1) is 18.2 Å². The van der Waals surface area contributed by atoms with Gasteiger partial charge in [0, 0.05) is 10.5 Å². The number of amides is 2. The van der Waals surface area contributed by atoms with Crippen LogP contribution in [0.1, 0.15) is 19.3 Å². The number of carbonyl (C=O) groups excluding carboxylic acids is 2. The highest BCUT2D eigenvalue weighted by Crippen LogP contribution is 2.27. The van der Waals surface area contributed by atoms with Gasteiger partial charge >= 0.3 is 0 Å². The molecule has 1 aliphatic heterocycles. The van der Waals surface area contributed by atoms with Crippen LogP contribution in [0.3, 0.4) is 0 Å². The van der Waals surface area contributed by atoms with E-state index in [9.17, 15) is 9.59 Å². The number of imide groups is 1. The van der Waals surface area contributed by atoms with Crippen LogP contribution in [-0.2, 0) is 9.59 Å². The number of anilines is 1. The van der Waals surface area contributed by atoms with E-state index in [1.54, 1.807) is 12.1 Å². The molecule has 1 heterocycles. The Morgan fingerprint density at radius 1 is 1.17 bits per heavy atom. The monoisotopic (exact) mass is 308 g/mol. The molecule has 4 nitrogen and oxygen atoms in total. The van der Waals surface area contributed by atoms with Crippen LogP contribution in [0, 0.1) is 0 Å². The molecule has 1 saturated heterocycles. The third-order valence-corrected chi connectivity index (χ3v) is 3.77. The molecule has 0 bridgehead atoms. The van der Waals surface area contributed by atoms with E-state index < -0.39 is 0 Å². The Balaban J connectivity index is 1.80. The van der Waals surface area contributed by atoms with Gasteiger partial charge in [0.1, 0.15) is 0 Å². The van der Waals surface area contributed by atoms with E-state index >= 15 is 0 Å². The number of hydrogen-bond acceptors (Lipinski definition) is 3. The molecule has 2 fully saturated rings. The minimum absolute atomic E-state index is 0.125. The predicted molar refractivity (Wildman–Crippen MR) is 71.2 cm³/mol. The number of rotatable bonds is 3. The van der Waals surface area contributed by atoms with Crippen LogP contribution in [0.15, 0.2) is 28.7 Å². The zero-order chi connectivity index (χ0) is 12.7. The van der Waals surface area contributed by atoms with Crippen LogP contribution in [0.5, 0.6) is 0 Å². The van der Waals surface area contributed by atoms with Crippen LogP contribution in [0.25, 0.3) is 0 Å². The first-order chi connectivity index (χ1) is 8.65. The van der Waals surface area contributed by atoms with E-state index in [0.717, 1.165) is 17.3 Å². The van der Waals surface area contributed by atoms with Crippen molar-refractivity contribution in [1.29, 1.82) is 0 Å². The number of nitrogens with one attached hydrogen (secondary N) is 1. The summed E-state index contributed by atoms with van der Waals surface area (Å²) >= 11 is 3.34. The molecule has 1 N–H and O–H groups in total. The Labute approximate surface area is 113 Å². The number of benzene rings is 1. The fourth-order valence-corrected chi connectivity index (χ4v) is 2.42. The highest BCUT2D eigenvalue weighted by Gasteiger charge is 2.41. The van der Waals surface area contributed by atoms with Crippen molar-refractivity contribution >= 4 is 33.4 Å². The van der Waals surface area contributed by atoms with Gasteiger partial charge in [0.25, 0.3) is 5.91 Å². The van der Waals surface area contributed by atoms with E-state index in [0.29, 0.717) is 11.7 Å². The molecule has 0 aromatic heterocycles. The van der Waals surface area contributed by atoms with Crippen LogP contribution in [0.4, 0.5) is 5.69 Å². The second-order valence-corrected chi connectivity index (χ2v) is 5.66. The molecule has 1 aliphatic carbocycles. The predicted octanol–water partition coefficient (Wildman–Crippen LogP) is 1.83. The van der Waals surface area contributed by atoms with Crippen molar-refractivity contribution in [2.24, 2.45) is 0 Å². The maximum atomic E-state index is 12.2. The Bertz CT molecular complexity index is 496. The normalized spacial score (nSPS) is 23.8. The van der Waals surface area contributed by atoms with Gasteiger partial charge in [-0.3, -0.25) is 9.59 Å². The van der Waals surface area contributed by atoms with Crippen molar-refractivity contribution in [3.05, 3.63) is 28.7 Å². The Morgan fingerprint density at radius 3 is 2.44 bits per heavy atom. The van der Waals surface area contributed by atoms with Gasteiger partial charge in [-0.15, -0.1) is 0 Å². The lowest BCUT2D eigenvalue weighted by Crippen LogP contribution is -2.39. The summed E-state index contributed by atoms with van der Waals surface area (Å²) in [4.78, 5) is 25.4. The second-order valence-electron chi connectivity index (χ2n) is 4.74. The highest BCUT2D eigenvalue weighted by molar-refractivity contribution is 9.10. The summed E-state index contributed by atoms with van der Waals surface area (Å²) < 4.78 is 0.929. The van der Waals surface area contributed by atoms with Gasteiger partial charge in [-0.2, -0.15) is 0 Å². The third-order valence-electron chi connectivity index (χ3n) is 3.25. The molecule has 1 atom stereocenters. The second kappa shape index (κ2) is 4.48. The van der Waals surface area contributed by atoms with E-state index in [1.165, 1.54) is 4.90 Å². The fraction of sp³-hybridized carbons (Fsp3) is 0.385. The van der Waals surface area contributed by atoms with Crippen LogP contribution in [-0.4, -0.2) is 23.9 Å². The minimum Gasteiger partial charge on any atom is -0.303 e. The highest BCUT2D eigenvalue weighted by atomic mass is 79.9. The molecule has 3 rings (SSSR count). The van der Waals surface area contributed by atoms with Crippen molar-refractivity contribution < 1.29 is 9.59 Å². The maximum Gasteiger partial charge on any atom is 0.251 e. The average molecular weight is 309 g/mol. The third kappa shape index (κ3) is 2.20. The van der Waals surface area contributed by atoms with Gasteiger partial charge in [0.2, 0.25) is 5.91 Å². The number of hydrogen-bond donors (Lipinski definition) is 1. The Morgan fingerprint density at radius 2 is 1.83 bits per heavy atom. The fourth-order valence-electron chi connectivity index (χ4n) is 2.16. The molecule has 2 aliphatic rings. The molecular weight excluding hydrogens is 296 g/mol. The molecule has 5 heteroatoms. The number of carbonyl (C=O) groups is 2. The molecule has 0 unspecified atom stereocenters. The van der Waals surface area contributed by atoms with E-state index in [1.807, 2.05) is 12.1 Å². The molecule has 18 heavy (non-hydrogen) atoms. The summed E-state index contributed by atoms with van der Waals surface area (Å²) in [5, 5.41) is 3.22.